The van der Waals surface area contributed by atoms with Crippen molar-refractivity contribution in [2.24, 2.45) is 5.92 Å². The van der Waals surface area contributed by atoms with Gasteiger partial charge in [-0.25, -0.2) is 4.98 Å². The third kappa shape index (κ3) is 6.00. The molecule has 1 saturated carbocycles. The summed E-state index contributed by atoms with van der Waals surface area (Å²) in [4.78, 5) is 32.4. The van der Waals surface area contributed by atoms with Crippen LogP contribution >= 0.6 is 24.8 Å². The van der Waals surface area contributed by atoms with Crippen LogP contribution in [-0.2, 0) is 9.59 Å². The minimum absolute atomic E-state index is 0. The maximum absolute atomic E-state index is 12.1. The lowest BCUT2D eigenvalue weighted by Gasteiger charge is -2.35. The van der Waals surface area contributed by atoms with Gasteiger partial charge in [0.15, 0.2) is 0 Å². The van der Waals surface area contributed by atoms with Crippen molar-refractivity contribution in [3.8, 4) is 0 Å². The van der Waals surface area contributed by atoms with Gasteiger partial charge >= 0.3 is 0 Å². The molecule has 26 heavy (non-hydrogen) atoms. The molecule has 2 N–H and O–H groups in total. The fourth-order valence-electron chi connectivity index (χ4n) is 2.85. The number of hydrogen-bond donors (Lipinski definition) is 2. The second kappa shape index (κ2) is 10.5. The van der Waals surface area contributed by atoms with E-state index in [1.54, 1.807) is 6.20 Å². The Labute approximate surface area is 166 Å². The number of carbonyl (C=O) groups is 2. The van der Waals surface area contributed by atoms with Gasteiger partial charge in [-0.2, -0.15) is 0 Å². The number of amides is 2. The van der Waals surface area contributed by atoms with E-state index in [1.165, 1.54) is 0 Å². The fourth-order valence-corrected chi connectivity index (χ4v) is 2.85. The van der Waals surface area contributed by atoms with Gasteiger partial charge in [0, 0.05) is 45.1 Å². The lowest BCUT2D eigenvalue weighted by atomic mass is 10.2. The van der Waals surface area contributed by atoms with Crippen LogP contribution in [0.5, 0.6) is 0 Å². The topological polar surface area (TPSA) is 77.6 Å². The molecule has 0 aromatic carbocycles. The molecule has 1 saturated heterocycles. The van der Waals surface area contributed by atoms with E-state index in [0.717, 1.165) is 44.8 Å². The zero-order valence-corrected chi connectivity index (χ0v) is 16.6. The Kier molecular flexibility index (Phi) is 9.12. The van der Waals surface area contributed by atoms with Crippen molar-refractivity contribution in [2.75, 3.05) is 50.0 Å². The number of pyridine rings is 1. The Balaban J connectivity index is 0.00000169. The van der Waals surface area contributed by atoms with Crippen LogP contribution in [-0.4, -0.2) is 61.5 Å². The zero-order valence-electron chi connectivity index (χ0n) is 14.9. The maximum atomic E-state index is 12.1. The summed E-state index contributed by atoms with van der Waals surface area (Å²) in [5.74, 6) is 1.48. The Morgan fingerprint density at radius 2 is 1.85 bits per heavy atom. The van der Waals surface area contributed by atoms with E-state index in [-0.39, 0.29) is 30.7 Å². The SMILES string of the molecule is CNCCC(=O)Nc1ccc(N2CCN(C(=O)C3CC3)CC2)nc1.Cl.Cl. The molecule has 0 spiro atoms. The predicted octanol–water partition coefficient (Wildman–Crippen LogP) is 1.53. The minimum atomic E-state index is -0.0221. The molecule has 1 aromatic rings. The van der Waals surface area contributed by atoms with Gasteiger partial charge in [-0.3, -0.25) is 9.59 Å². The summed E-state index contributed by atoms with van der Waals surface area (Å²) >= 11 is 0. The standard InChI is InChI=1S/C17H25N5O2.2ClH/c1-18-7-6-16(23)20-14-4-5-15(19-12-14)21-8-10-22(11-9-21)17(24)13-2-3-13;;/h4-5,12-13,18H,2-3,6-11H2,1H3,(H,20,23);2*1H. The van der Waals surface area contributed by atoms with E-state index < -0.39 is 0 Å². The highest BCUT2D eigenvalue weighted by Crippen LogP contribution is 2.31. The molecule has 2 amide bonds. The number of hydrogen-bond acceptors (Lipinski definition) is 5. The molecule has 0 radical (unpaired) electrons. The molecule has 1 aromatic heterocycles. The summed E-state index contributed by atoms with van der Waals surface area (Å²) in [7, 11) is 1.82. The van der Waals surface area contributed by atoms with Crippen molar-refractivity contribution >= 4 is 48.1 Å². The highest BCUT2D eigenvalue weighted by atomic mass is 35.5. The molecule has 2 heterocycles. The van der Waals surface area contributed by atoms with Crippen LogP contribution < -0.4 is 15.5 Å². The van der Waals surface area contributed by atoms with Crippen LogP contribution in [0.15, 0.2) is 18.3 Å². The number of anilines is 2. The number of rotatable bonds is 6. The average Bonchev–Trinajstić information content (AvgIpc) is 3.45. The summed E-state index contributed by atoms with van der Waals surface area (Å²) in [6, 6.07) is 3.80. The first-order valence-corrected chi connectivity index (χ1v) is 8.61. The van der Waals surface area contributed by atoms with Gasteiger partial charge in [-0.05, 0) is 32.0 Å². The molecular formula is C17H27Cl2N5O2. The van der Waals surface area contributed by atoms with Crippen LogP contribution in [0.25, 0.3) is 0 Å². The number of carbonyl (C=O) groups excluding carboxylic acids is 2. The van der Waals surface area contributed by atoms with Crippen LogP contribution in [0, 0.1) is 5.92 Å². The highest BCUT2D eigenvalue weighted by molar-refractivity contribution is 5.90. The Bertz CT molecular complexity index is 587. The third-order valence-corrected chi connectivity index (χ3v) is 4.48. The summed E-state index contributed by atoms with van der Waals surface area (Å²) in [5.41, 5.74) is 0.711. The van der Waals surface area contributed by atoms with Crippen molar-refractivity contribution in [2.45, 2.75) is 19.3 Å². The van der Waals surface area contributed by atoms with Gasteiger partial charge in [0.05, 0.1) is 11.9 Å². The number of halogens is 2. The Morgan fingerprint density at radius 3 is 2.38 bits per heavy atom. The maximum Gasteiger partial charge on any atom is 0.225 e. The molecule has 0 atom stereocenters. The number of aromatic nitrogens is 1. The largest absolute Gasteiger partial charge is 0.353 e. The smallest absolute Gasteiger partial charge is 0.225 e. The van der Waals surface area contributed by atoms with E-state index >= 15 is 0 Å². The molecule has 1 aliphatic heterocycles. The van der Waals surface area contributed by atoms with E-state index in [2.05, 4.69) is 20.5 Å². The second-order valence-electron chi connectivity index (χ2n) is 6.39. The molecule has 9 heteroatoms. The molecule has 2 aliphatic rings. The Morgan fingerprint density at radius 1 is 1.15 bits per heavy atom. The van der Waals surface area contributed by atoms with Gasteiger partial charge in [0.2, 0.25) is 11.8 Å². The summed E-state index contributed by atoms with van der Waals surface area (Å²) in [6.07, 6.45) is 4.24. The predicted molar refractivity (Wildman–Crippen MR) is 107 cm³/mol. The van der Waals surface area contributed by atoms with E-state index in [0.29, 0.717) is 30.5 Å². The summed E-state index contributed by atoms with van der Waals surface area (Å²) < 4.78 is 0. The summed E-state index contributed by atoms with van der Waals surface area (Å²) in [5, 5.41) is 5.78. The van der Waals surface area contributed by atoms with Crippen molar-refractivity contribution in [1.29, 1.82) is 0 Å². The zero-order chi connectivity index (χ0) is 16.9. The van der Waals surface area contributed by atoms with Crippen LogP contribution in [0.1, 0.15) is 19.3 Å². The summed E-state index contributed by atoms with van der Waals surface area (Å²) in [6.45, 7) is 3.79. The fraction of sp³-hybridized carbons (Fsp3) is 0.588. The average molecular weight is 404 g/mol. The minimum Gasteiger partial charge on any atom is -0.353 e. The van der Waals surface area contributed by atoms with Crippen LogP contribution in [0.2, 0.25) is 0 Å². The van der Waals surface area contributed by atoms with E-state index in [9.17, 15) is 9.59 Å². The van der Waals surface area contributed by atoms with Crippen LogP contribution in [0.3, 0.4) is 0 Å². The third-order valence-electron chi connectivity index (χ3n) is 4.48. The van der Waals surface area contributed by atoms with Crippen LogP contribution in [0.4, 0.5) is 11.5 Å². The first kappa shape index (κ1) is 22.5. The molecule has 2 fully saturated rings. The second-order valence-corrected chi connectivity index (χ2v) is 6.39. The monoisotopic (exact) mass is 403 g/mol. The van der Waals surface area contributed by atoms with Crippen molar-refractivity contribution in [3.63, 3.8) is 0 Å². The first-order chi connectivity index (χ1) is 11.7. The van der Waals surface area contributed by atoms with Crippen molar-refractivity contribution < 1.29 is 9.59 Å². The molecular weight excluding hydrogens is 377 g/mol. The van der Waals surface area contributed by atoms with Crippen molar-refractivity contribution in [3.05, 3.63) is 18.3 Å². The molecule has 0 unspecified atom stereocenters. The van der Waals surface area contributed by atoms with Gasteiger partial charge in [-0.15, -0.1) is 24.8 Å². The molecule has 146 valence electrons. The normalized spacial score (nSPS) is 16.3. The Hall–Kier alpha value is -1.57. The molecule has 1 aliphatic carbocycles. The number of nitrogens with zero attached hydrogens (tertiary/aromatic N) is 3. The van der Waals surface area contributed by atoms with Gasteiger partial charge in [0.25, 0.3) is 0 Å². The van der Waals surface area contributed by atoms with E-state index in [4.69, 9.17) is 0 Å². The lowest BCUT2D eigenvalue weighted by Crippen LogP contribution is -2.49. The lowest BCUT2D eigenvalue weighted by molar-refractivity contribution is -0.132. The molecule has 7 nitrogen and oxygen atoms in total. The number of piperazine rings is 1. The van der Waals surface area contributed by atoms with Crippen molar-refractivity contribution in [1.82, 2.24) is 15.2 Å². The first-order valence-electron chi connectivity index (χ1n) is 8.61. The molecule has 0 bridgehead atoms. The van der Waals surface area contributed by atoms with Gasteiger partial charge < -0.3 is 20.4 Å². The van der Waals surface area contributed by atoms with Gasteiger partial charge in [-0.1, -0.05) is 0 Å². The highest BCUT2D eigenvalue weighted by Gasteiger charge is 2.34. The van der Waals surface area contributed by atoms with E-state index in [1.807, 2.05) is 24.1 Å². The molecule has 3 rings (SSSR count). The quantitative estimate of drug-likeness (QED) is 0.752. The van der Waals surface area contributed by atoms with Gasteiger partial charge in [0.1, 0.15) is 5.82 Å². The number of nitrogens with one attached hydrogen (secondary N) is 2.